The van der Waals surface area contributed by atoms with Crippen molar-refractivity contribution in [2.75, 3.05) is 13.7 Å². The van der Waals surface area contributed by atoms with E-state index in [2.05, 4.69) is 4.74 Å². The van der Waals surface area contributed by atoms with Gasteiger partial charge in [0, 0.05) is 13.0 Å². The molecule has 1 aromatic rings. The second-order valence-electron chi connectivity index (χ2n) is 4.99. The molecular formula is C15H19NO5. The van der Waals surface area contributed by atoms with Crippen LogP contribution in [0.25, 0.3) is 0 Å². The maximum atomic E-state index is 12.4. The molecule has 0 aliphatic carbocycles. The summed E-state index contributed by atoms with van der Waals surface area (Å²) < 4.78 is 10.2. The highest BCUT2D eigenvalue weighted by molar-refractivity contribution is 5.87. The van der Waals surface area contributed by atoms with Crippen LogP contribution < -0.4 is 4.74 Å². The highest BCUT2D eigenvalue weighted by Crippen LogP contribution is 2.21. The average molecular weight is 293 g/mol. The molecule has 2 rings (SSSR count). The maximum Gasteiger partial charge on any atom is 0.328 e. The van der Waals surface area contributed by atoms with E-state index < -0.39 is 24.2 Å². The number of benzene rings is 1. The molecule has 1 aromatic carbocycles. The third-order valence-electron chi connectivity index (χ3n) is 3.44. The number of rotatable bonds is 4. The first-order valence-corrected chi connectivity index (χ1v) is 6.81. The SMILES string of the molecule is COC(=O)C1CC(O)CN1C(=O)C(C)Oc1ccccc1. The minimum absolute atomic E-state index is 0.112. The zero-order valence-electron chi connectivity index (χ0n) is 12.1. The molecule has 0 bridgehead atoms. The molecule has 0 spiro atoms. The number of carbonyl (C=O) groups excluding carboxylic acids is 2. The highest BCUT2D eigenvalue weighted by Gasteiger charge is 2.41. The molecular weight excluding hydrogens is 274 g/mol. The van der Waals surface area contributed by atoms with E-state index in [1.54, 1.807) is 19.1 Å². The summed E-state index contributed by atoms with van der Waals surface area (Å²) in [6.07, 6.45) is -1.27. The standard InChI is InChI=1S/C15H19NO5/c1-10(21-12-6-4-3-5-7-12)14(18)16-9-11(17)8-13(16)15(19)20-2/h3-7,10-11,13,17H,8-9H2,1-2H3. The third kappa shape index (κ3) is 3.52. The molecule has 21 heavy (non-hydrogen) atoms. The zero-order chi connectivity index (χ0) is 15.4. The second-order valence-corrected chi connectivity index (χ2v) is 4.99. The van der Waals surface area contributed by atoms with E-state index >= 15 is 0 Å². The molecule has 1 fully saturated rings. The van der Waals surface area contributed by atoms with Gasteiger partial charge in [-0.05, 0) is 19.1 Å². The van der Waals surface area contributed by atoms with Crippen LogP contribution in [0.3, 0.4) is 0 Å². The Morgan fingerprint density at radius 1 is 1.33 bits per heavy atom. The number of nitrogens with zero attached hydrogens (tertiary/aromatic N) is 1. The number of methoxy groups -OCH3 is 1. The van der Waals surface area contributed by atoms with Crippen LogP contribution in [0.15, 0.2) is 30.3 Å². The smallest absolute Gasteiger partial charge is 0.328 e. The van der Waals surface area contributed by atoms with E-state index in [9.17, 15) is 14.7 Å². The lowest BCUT2D eigenvalue weighted by molar-refractivity contribution is -0.153. The van der Waals surface area contributed by atoms with Gasteiger partial charge in [-0.2, -0.15) is 0 Å². The fraction of sp³-hybridized carbons (Fsp3) is 0.467. The fourth-order valence-electron chi connectivity index (χ4n) is 2.40. The van der Waals surface area contributed by atoms with Gasteiger partial charge < -0.3 is 19.5 Å². The Labute approximate surface area is 123 Å². The number of β-amino-alcohol motifs (C(OH)–C–C–N with tert-alkyl or cyclic N) is 1. The summed E-state index contributed by atoms with van der Waals surface area (Å²) in [5.41, 5.74) is 0. The Hall–Kier alpha value is -2.08. The van der Waals surface area contributed by atoms with Crippen LogP contribution in [0.1, 0.15) is 13.3 Å². The minimum atomic E-state index is -0.751. The van der Waals surface area contributed by atoms with Gasteiger partial charge in [0.1, 0.15) is 11.8 Å². The van der Waals surface area contributed by atoms with Crippen molar-refractivity contribution >= 4 is 11.9 Å². The average Bonchev–Trinajstić information content (AvgIpc) is 2.88. The molecule has 1 heterocycles. The summed E-state index contributed by atoms with van der Waals surface area (Å²) in [5.74, 6) is -0.287. The van der Waals surface area contributed by atoms with Crippen molar-refractivity contribution in [3.63, 3.8) is 0 Å². The molecule has 0 aromatic heterocycles. The van der Waals surface area contributed by atoms with Crippen LogP contribution >= 0.6 is 0 Å². The number of hydrogen-bond acceptors (Lipinski definition) is 5. The first-order chi connectivity index (χ1) is 10.0. The predicted octanol–water partition coefficient (Wildman–Crippen LogP) is 0.589. The summed E-state index contributed by atoms with van der Waals surface area (Å²) in [4.78, 5) is 25.4. The van der Waals surface area contributed by atoms with Gasteiger partial charge >= 0.3 is 5.97 Å². The number of ether oxygens (including phenoxy) is 2. The lowest BCUT2D eigenvalue weighted by atomic mass is 10.2. The van der Waals surface area contributed by atoms with Crippen LogP contribution in [-0.2, 0) is 14.3 Å². The minimum Gasteiger partial charge on any atom is -0.481 e. The van der Waals surface area contributed by atoms with Crippen molar-refractivity contribution in [2.45, 2.75) is 31.6 Å². The van der Waals surface area contributed by atoms with Gasteiger partial charge in [-0.15, -0.1) is 0 Å². The number of amides is 1. The van der Waals surface area contributed by atoms with Gasteiger partial charge in [0.15, 0.2) is 6.10 Å². The summed E-state index contributed by atoms with van der Waals surface area (Å²) in [6, 6.07) is 8.22. The molecule has 1 aliphatic heterocycles. The van der Waals surface area contributed by atoms with Gasteiger partial charge in [0.25, 0.3) is 5.91 Å². The maximum absolute atomic E-state index is 12.4. The quantitative estimate of drug-likeness (QED) is 0.822. The molecule has 114 valence electrons. The molecule has 0 saturated carbocycles. The van der Waals surface area contributed by atoms with Crippen molar-refractivity contribution in [3.05, 3.63) is 30.3 Å². The number of esters is 1. The van der Waals surface area contributed by atoms with Crippen LogP contribution in [0.5, 0.6) is 5.75 Å². The molecule has 1 aliphatic rings. The fourth-order valence-corrected chi connectivity index (χ4v) is 2.40. The van der Waals surface area contributed by atoms with Gasteiger partial charge in [-0.3, -0.25) is 4.79 Å². The number of carbonyl (C=O) groups is 2. The largest absolute Gasteiger partial charge is 0.481 e. The molecule has 1 saturated heterocycles. The van der Waals surface area contributed by atoms with Crippen molar-refractivity contribution in [3.8, 4) is 5.75 Å². The van der Waals surface area contributed by atoms with E-state index in [1.165, 1.54) is 12.0 Å². The van der Waals surface area contributed by atoms with E-state index in [-0.39, 0.29) is 18.9 Å². The Morgan fingerprint density at radius 2 is 2.00 bits per heavy atom. The summed E-state index contributed by atoms with van der Waals surface area (Å²) in [5, 5.41) is 9.69. The predicted molar refractivity (Wildman–Crippen MR) is 74.7 cm³/mol. The number of hydrogen-bond donors (Lipinski definition) is 1. The van der Waals surface area contributed by atoms with E-state index in [0.717, 1.165) is 0 Å². The Kier molecular flexibility index (Phi) is 4.80. The highest BCUT2D eigenvalue weighted by atomic mass is 16.5. The van der Waals surface area contributed by atoms with Crippen molar-refractivity contribution in [1.82, 2.24) is 4.90 Å². The first-order valence-electron chi connectivity index (χ1n) is 6.81. The van der Waals surface area contributed by atoms with Crippen molar-refractivity contribution < 1.29 is 24.2 Å². The van der Waals surface area contributed by atoms with Crippen LogP contribution in [0, 0.1) is 0 Å². The van der Waals surface area contributed by atoms with Crippen LogP contribution in [0.4, 0.5) is 0 Å². The first kappa shape index (κ1) is 15.3. The normalized spacial score (nSPS) is 22.7. The zero-order valence-corrected chi connectivity index (χ0v) is 12.1. The summed E-state index contributed by atoms with van der Waals surface area (Å²) in [7, 11) is 1.26. The topological polar surface area (TPSA) is 76.1 Å². The van der Waals surface area contributed by atoms with E-state index in [1.807, 2.05) is 18.2 Å². The summed E-state index contributed by atoms with van der Waals surface area (Å²) in [6.45, 7) is 1.73. The number of aliphatic hydroxyl groups is 1. The Morgan fingerprint density at radius 3 is 2.62 bits per heavy atom. The van der Waals surface area contributed by atoms with E-state index in [4.69, 9.17) is 4.74 Å². The summed E-state index contributed by atoms with van der Waals surface area (Å²) >= 11 is 0. The Bertz CT molecular complexity index is 504. The van der Waals surface area contributed by atoms with E-state index in [0.29, 0.717) is 5.75 Å². The van der Waals surface area contributed by atoms with Gasteiger partial charge in [-0.1, -0.05) is 18.2 Å². The lowest BCUT2D eigenvalue weighted by Gasteiger charge is -2.25. The second kappa shape index (κ2) is 6.58. The van der Waals surface area contributed by atoms with Gasteiger partial charge in [0.2, 0.25) is 0 Å². The Balaban J connectivity index is 2.05. The molecule has 0 radical (unpaired) electrons. The molecule has 1 N–H and O–H groups in total. The van der Waals surface area contributed by atoms with Crippen molar-refractivity contribution in [1.29, 1.82) is 0 Å². The molecule has 1 amide bonds. The van der Waals surface area contributed by atoms with Crippen LogP contribution in [-0.4, -0.2) is 53.8 Å². The molecule has 3 unspecified atom stereocenters. The van der Waals surface area contributed by atoms with Crippen LogP contribution in [0.2, 0.25) is 0 Å². The lowest BCUT2D eigenvalue weighted by Crippen LogP contribution is -2.46. The molecule has 6 heteroatoms. The number of likely N-dealkylation sites (tertiary alicyclic amines) is 1. The van der Waals surface area contributed by atoms with Gasteiger partial charge in [-0.25, -0.2) is 4.79 Å². The van der Waals surface area contributed by atoms with Crippen molar-refractivity contribution in [2.24, 2.45) is 0 Å². The number of para-hydroxylation sites is 1. The monoisotopic (exact) mass is 293 g/mol. The van der Waals surface area contributed by atoms with Gasteiger partial charge in [0.05, 0.1) is 13.2 Å². The molecule has 3 atom stereocenters. The number of aliphatic hydroxyl groups excluding tert-OH is 1. The molecule has 6 nitrogen and oxygen atoms in total. The third-order valence-corrected chi connectivity index (χ3v) is 3.44.